The maximum Gasteiger partial charge on any atom is 0.316 e. The molecule has 8 nitrogen and oxygen atoms in total. The Bertz CT molecular complexity index is 1000. The number of ether oxygens (including phenoxy) is 2. The monoisotopic (exact) mass is 458 g/mol. The van der Waals surface area contributed by atoms with Gasteiger partial charge in [-0.3, -0.25) is 4.79 Å². The van der Waals surface area contributed by atoms with E-state index < -0.39 is 0 Å². The zero-order valence-corrected chi connectivity index (χ0v) is 19.3. The van der Waals surface area contributed by atoms with Crippen LogP contribution < -0.4 is 14.8 Å². The van der Waals surface area contributed by atoms with Crippen LogP contribution >= 0.6 is 11.6 Å². The van der Waals surface area contributed by atoms with Crippen molar-refractivity contribution in [2.24, 2.45) is 10.8 Å². The summed E-state index contributed by atoms with van der Waals surface area (Å²) in [4.78, 5) is 20.9. The molecule has 1 aromatic carbocycles. The molecule has 0 aliphatic heterocycles. The fraction of sp³-hybridized carbons (Fsp3) is 0.478. The summed E-state index contributed by atoms with van der Waals surface area (Å²) >= 11 is 6.14. The molecule has 1 saturated carbocycles. The number of carbonyl (C=O) groups is 1. The van der Waals surface area contributed by atoms with Gasteiger partial charge in [-0.2, -0.15) is 5.26 Å². The summed E-state index contributed by atoms with van der Waals surface area (Å²) in [5.41, 5.74) is -0.0146. The van der Waals surface area contributed by atoms with Crippen LogP contribution in [0.15, 0.2) is 30.6 Å². The van der Waals surface area contributed by atoms with Gasteiger partial charge in [0.15, 0.2) is 0 Å². The third kappa shape index (κ3) is 4.64. The molecule has 1 fully saturated rings. The molecule has 2 N–H and O–H groups in total. The molecule has 2 aromatic rings. The number of hydrogen-bond acceptors (Lipinski definition) is 7. The summed E-state index contributed by atoms with van der Waals surface area (Å²) < 4.78 is 11.5. The first-order chi connectivity index (χ1) is 15.1. The van der Waals surface area contributed by atoms with E-state index in [4.69, 9.17) is 31.4 Å². The molecule has 0 saturated heterocycles. The molecule has 0 atom stereocenters. The van der Waals surface area contributed by atoms with E-state index in [0.29, 0.717) is 34.9 Å². The van der Waals surface area contributed by atoms with E-state index in [2.05, 4.69) is 15.3 Å². The molecule has 1 aromatic heterocycles. The number of amides is 1. The summed E-state index contributed by atoms with van der Waals surface area (Å²) in [6.07, 6.45) is 3.13. The molecular formula is C23H27ClN4O4. The first-order valence-corrected chi connectivity index (χ1v) is 10.7. The molecule has 3 rings (SSSR count). The lowest BCUT2D eigenvalue weighted by atomic mass is 9.49. The molecule has 0 bridgehead atoms. The quantitative estimate of drug-likeness (QED) is 0.582. The molecule has 1 aliphatic carbocycles. The van der Waals surface area contributed by atoms with Gasteiger partial charge in [-0.05, 0) is 12.1 Å². The number of nitrogens with zero attached hydrogens (tertiary/aromatic N) is 3. The van der Waals surface area contributed by atoms with E-state index in [0.717, 1.165) is 0 Å². The summed E-state index contributed by atoms with van der Waals surface area (Å²) in [6, 6.07) is 7.03. The standard InChI is InChI=1S/C23H27ClN4O4/c1-22(2)19(28-18(30)15-12-26-21(27-13-15)31-9-5-8-29)23(3,4)20(22)32-16-7-6-14(11-25)17(24)10-16/h6-7,10,12-13,19-20,29H,5,8-9H2,1-4H3,(H,28,30). The third-order valence-corrected chi connectivity index (χ3v) is 6.17. The molecule has 1 heterocycles. The summed E-state index contributed by atoms with van der Waals surface area (Å²) in [5, 5.41) is 21.3. The van der Waals surface area contributed by atoms with Gasteiger partial charge in [-0.15, -0.1) is 0 Å². The highest BCUT2D eigenvalue weighted by Crippen LogP contribution is 2.55. The van der Waals surface area contributed by atoms with Crippen molar-refractivity contribution in [1.82, 2.24) is 15.3 Å². The predicted octanol–water partition coefficient (Wildman–Crippen LogP) is 3.37. The first kappa shape index (κ1) is 23.8. The van der Waals surface area contributed by atoms with Crippen molar-refractivity contribution in [2.75, 3.05) is 13.2 Å². The average molecular weight is 459 g/mol. The van der Waals surface area contributed by atoms with Crippen molar-refractivity contribution < 1.29 is 19.4 Å². The van der Waals surface area contributed by atoms with Gasteiger partial charge in [-0.1, -0.05) is 39.3 Å². The number of aliphatic hydroxyl groups is 1. The van der Waals surface area contributed by atoms with E-state index >= 15 is 0 Å². The van der Waals surface area contributed by atoms with Crippen LogP contribution in [0.3, 0.4) is 0 Å². The van der Waals surface area contributed by atoms with Crippen LogP contribution in [0, 0.1) is 22.2 Å². The molecule has 0 spiro atoms. The Hall–Kier alpha value is -2.89. The normalized spacial score (nSPS) is 20.5. The second-order valence-corrected chi connectivity index (χ2v) is 9.39. The Balaban J connectivity index is 1.67. The number of aromatic nitrogens is 2. The van der Waals surface area contributed by atoms with E-state index in [1.54, 1.807) is 18.2 Å². The number of benzene rings is 1. The SMILES string of the molecule is CC1(C)C(NC(=O)c2cnc(OCCCO)nc2)C(C)(C)C1Oc1ccc(C#N)c(Cl)c1. The Morgan fingerprint density at radius 1 is 1.25 bits per heavy atom. The molecule has 9 heteroatoms. The van der Waals surface area contributed by atoms with Crippen LogP contribution in [-0.2, 0) is 0 Å². The van der Waals surface area contributed by atoms with E-state index in [9.17, 15) is 4.79 Å². The summed E-state index contributed by atoms with van der Waals surface area (Å²) in [6.45, 7) is 8.47. The van der Waals surface area contributed by atoms with Gasteiger partial charge >= 0.3 is 6.01 Å². The molecular weight excluding hydrogens is 432 g/mol. The number of nitrogens with one attached hydrogen (secondary N) is 1. The molecule has 0 radical (unpaired) electrons. The van der Waals surface area contributed by atoms with Crippen molar-refractivity contribution >= 4 is 17.5 Å². The van der Waals surface area contributed by atoms with Crippen LogP contribution in [0.4, 0.5) is 0 Å². The van der Waals surface area contributed by atoms with Gasteiger partial charge in [0.2, 0.25) is 0 Å². The van der Waals surface area contributed by atoms with E-state index in [1.165, 1.54) is 12.4 Å². The van der Waals surface area contributed by atoms with Gasteiger partial charge < -0.3 is 19.9 Å². The van der Waals surface area contributed by atoms with Gasteiger partial charge in [0.1, 0.15) is 17.9 Å². The van der Waals surface area contributed by atoms with Gasteiger partial charge in [0, 0.05) is 48.4 Å². The van der Waals surface area contributed by atoms with Gasteiger partial charge in [0.25, 0.3) is 5.91 Å². The Morgan fingerprint density at radius 2 is 1.91 bits per heavy atom. The Morgan fingerprint density at radius 3 is 2.47 bits per heavy atom. The third-order valence-electron chi connectivity index (χ3n) is 5.85. The number of rotatable bonds is 8. The summed E-state index contributed by atoms with van der Waals surface area (Å²) in [7, 11) is 0. The molecule has 0 unspecified atom stereocenters. The highest BCUT2D eigenvalue weighted by Gasteiger charge is 2.64. The number of halogens is 1. The maximum atomic E-state index is 12.8. The van der Waals surface area contributed by atoms with Crippen LogP contribution in [0.1, 0.15) is 50.0 Å². The Labute approximate surface area is 192 Å². The zero-order chi connectivity index (χ0) is 23.5. The molecule has 1 aliphatic rings. The highest BCUT2D eigenvalue weighted by molar-refractivity contribution is 6.31. The minimum absolute atomic E-state index is 0.0242. The maximum absolute atomic E-state index is 12.8. The van der Waals surface area contributed by atoms with Gasteiger partial charge in [0.05, 0.1) is 22.8 Å². The van der Waals surface area contributed by atoms with Crippen molar-refractivity contribution in [3.05, 3.63) is 46.7 Å². The number of hydrogen-bond donors (Lipinski definition) is 2. The average Bonchev–Trinajstić information content (AvgIpc) is 2.76. The fourth-order valence-corrected chi connectivity index (χ4v) is 4.76. The number of aliphatic hydroxyl groups excluding tert-OH is 1. The van der Waals surface area contributed by atoms with Crippen LogP contribution in [0.25, 0.3) is 0 Å². The highest BCUT2D eigenvalue weighted by atomic mass is 35.5. The largest absolute Gasteiger partial charge is 0.489 e. The van der Waals surface area contributed by atoms with Crippen LogP contribution in [0.2, 0.25) is 5.02 Å². The van der Waals surface area contributed by atoms with Crippen molar-refractivity contribution in [1.29, 1.82) is 5.26 Å². The number of carbonyl (C=O) groups excluding carboxylic acids is 1. The summed E-state index contributed by atoms with van der Waals surface area (Å²) in [5.74, 6) is 0.299. The topological polar surface area (TPSA) is 117 Å². The minimum atomic E-state index is -0.367. The predicted molar refractivity (Wildman–Crippen MR) is 119 cm³/mol. The zero-order valence-electron chi connectivity index (χ0n) is 18.6. The smallest absolute Gasteiger partial charge is 0.316 e. The Kier molecular flexibility index (Phi) is 6.91. The lowest BCUT2D eigenvalue weighted by Crippen LogP contribution is -2.74. The van der Waals surface area contributed by atoms with Crippen molar-refractivity contribution in [2.45, 2.75) is 46.3 Å². The van der Waals surface area contributed by atoms with E-state index in [1.807, 2.05) is 33.8 Å². The minimum Gasteiger partial charge on any atom is -0.489 e. The number of nitriles is 1. The fourth-order valence-electron chi connectivity index (χ4n) is 4.55. The first-order valence-electron chi connectivity index (χ1n) is 10.3. The molecule has 170 valence electrons. The van der Waals surface area contributed by atoms with Crippen LogP contribution in [0.5, 0.6) is 11.8 Å². The second kappa shape index (κ2) is 9.31. The van der Waals surface area contributed by atoms with Crippen molar-refractivity contribution in [3.63, 3.8) is 0 Å². The second-order valence-electron chi connectivity index (χ2n) is 8.98. The van der Waals surface area contributed by atoms with Crippen LogP contribution in [-0.4, -0.2) is 46.3 Å². The van der Waals surface area contributed by atoms with E-state index in [-0.39, 0.29) is 41.5 Å². The van der Waals surface area contributed by atoms with Gasteiger partial charge in [-0.25, -0.2) is 9.97 Å². The molecule has 32 heavy (non-hydrogen) atoms. The lowest BCUT2D eigenvalue weighted by Gasteiger charge is -2.63. The molecule has 1 amide bonds. The van der Waals surface area contributed by atoms with Crippen molar-refractivity contribution in [3.8, 4) is 17.8 Å². The lowest BCUT2D eigenvalue weighted by molar-refractivity contribution is -0.164.